The highest BCUT2D eigenvalue weighted by Gasteiger charge is 2.16. The molecule has 0 radical (unpaired) electrons. The van der Waals surface area contributed by atoms with Crippen LogP contribution in [0.4, 0.5) is 9.18 Å². The molecule has 1 fully saturated rings. The molecular formula is C22H29FN4O. The predicted octanol–water partition coefficient (Wildman–Crippen LogP) is 2.83. The Hall–Kier alpha value is -2.44. The van der Waals surface area contributed by atoms with Crippen LogP contribution in [-0.2, 0) is 13.1 Å². The van der Waals surface area contributed by atoms with Gasteiger partial charge in [0.1, 0.15) is 5.82 Å². The molecule has 28 heavy (non-hydrogen) atoms. The number of carbonyl (C=O) groups is 1. The van der Waals surface area contributed by atoms with Crippen molar-refractivity contribution in [3.05, 3.63) is 71.5 Å². The number of hydrogen-bond acceptors (Lipinski definition) is 3. The van der Waals surface area contributed by atoms with E-state index in [0.29, 0.717) is 12.1 Å². The summed E-state index contributed by atoms with van der Waals surface area (Å²) in [6, 6.07) is 16.8. The normalized spacial score (nSPS) is 15.3. The van der Waals surface area contributed by atoms with Crippen LogP contribution in [0.1, 0.15) is 17.5 Å². The van der Waals surface area contributed by atoms with Crippen LogP contribution < -0.4 is 10.6 Å². The second-order valence-corrected chi connectivity index (χ2v) is 7.16. The average molecular weight is 384 g/mol. The summed E-state index contributed by atoms with van der Waals surface area (Å²) in [6.45, 7) is 7.08. The van der Waals surface area contributed by atoms with Gasteiger partial charge in [-0.1, -0.05) is 48.5 Å². The molecule has 1 heterocycles. The molecule has 5 nitrogen and oxygen atoms in total. The number of rotatable bonds is 8. The molecule has 150 valence electrons. The minimum atomic E-state index is -0.297. The van der Waals surface area contributed by atoms with E-state index in [-0.39, 0.29) is 18.4 Å². The quantitative estimate of drug-likeness (QED) is 0.688. The summed E-state index contributed by atoms with van der Waals surface area (Å²) >= 11 is 0. The highest BCUT2D eigenvalue weighted by molar-refractivity contribution is 5.73. The molecule has 3 rings (SSSR count). The van der Waals surface area contributed by atoms with Crippen molar-refractivity contribution in [1.82, 2.24) is 20.4 Å². The largest absolute Gasteiger partial charge is 0.338 e. The number of halogens is 1. The van der Waals surface area contributed by atoms with Crippen molar-refractivity contribution < 1.29 is 9.18 Å². The second-order valence-electron chi connectivity index (χ2n) is 7.16. The fraction of sp³-hybridized carbons (Fsp3) is 0.409. The predicted molar refractivity (Wildman–Crippen MR) is 109 cm³/mol. The van der Waals surface area contributed by atoms with Gasteiger partial charge in [-0.15, -0.1) is 0 Å². The zero-order chi connectivity index (χ0) is 19.6. The van der Waals surface area contributed by atoms with Gasteiger partial charge in [-0.3, -0.25) is 4.90 Å². The third-order valence-corrected chi connectivity index (χ3v) is 5.05. The first kappa shape index (κ1) is 20.3. The fourth-order valence-electron chi connectivity index (χ4n) is 3.40. The minimum Gasteiger partial charge on any atom is -0.338 e. The number of nitrogens with one attached hydrogen (secondary N) is 2. The molecule has 0 bridgehead atoms. The van der Waals surface area contributed by atoms with Gasteiger partial charge in [0.25, 0.3) is 0 Å². The molecule has 2 N–H and O–H groups in total. The Bertz CT molecular complexity index is 732. The van der Waals surface area contributed by atoms with E-state index in [1.165, 1.54) is 11.6 Å². The molecule has 1 aliphatic heterocycles. The smallest absolute Gasteiger partial charge is 0.315 e. The summed E-state index contributed by atoms with van der Waals surface area (Å²) in [7, 11) is 0. The van der Waals surface area contributed by atoms with Gasteiger partial charge in [-0.05, 0) is 24.6 Å². The van der Waals surface area contributed by atoms with Crippen LogP contribution in [0.15, 0.2) is 54.6 Å². The Labute approximate surface area is 166 Å². The van der Waals surface area contributed by atoms with Gasteiger partial charge in [0.05, 0.1) is 0 Å². The van der Waals surface area contributed by atoms with Gasteiger partial charge >= 0.3 is 6.03 Å². The van der Waals surface area contributed by atoms with E-state index in [2.05, 4.69) is 50.8 Å². The lowest BCUT2D eigenvalue weighted by Gasteiger charge is -2.34. The topological polar surface area (TPSA) is 47.6 Å². The van der Waals surface area contributed by atoms with Gasteiger partial charge in [0, 0.05) is 51.4 Å². The van der Waals surface area contributed by atoms with Crippen molar-refractivity contribution in [2.75, 3.05) is 39.3 Å². The SMILES string of the molecule is O=C(NCCCN1CCN(Cc2ccccc2)CC1)NCc1ccccc1F. The summed E-state index contributed by atoms with van der Waals surface area (Å²) < 4.78 is 13.5. The van der Waals surface area contributed by atoms with Crippen molar-refractivity contribution in [3.63, 3.8) is 0 Å². The summed E-state index contributed by atoms with van der Waals surface area (Å²) in [5.41, 5.74) is 1.85. The van der Waals surface area contributed by atoms with Crippen molar-refractivity contribution in [2.45, 2.75) is 19.5 Å². The maximum atomic E-state index is 13.5. The van der Waals surface area contributed by atoms with Crippen LogP contribution in [0.5, 0.6) is 0 Å². The van der Waals surface area contributed by atoms with Crippen LogP contribution >= 0.6 is 0 Å². The fourth-order valence-corrected chi connectivity index (χ4v) is 3.40. The standard InChI is InChI=1S/C22H29FN4O/c23-21-10-5-4-9-20(21)17-25-22(28)24-11-6-12-26-13-15-27(16-14-26)18-19-7-2-1-3-8-19/h1-5,7-10H,6,11-18H2,(H2,24,25,28). The van der Waals surface area contributed by atoms with E-state index >= 15 is 0 Å². The first-order valence-electron chi connectivity index (χ1n) is 9.94. The molecular weight excluding hydrogens is 355 g/mol. The van der Waals surface area contributed by atoms with Crippen LogP contribution in [0.25, 0.3) is 0 Å². The first-order chi connectivity index (χ1) is 13.7. The Morgan fingerprint density at radius 1 is 0.893 bits per heavy atom. The second kappa shape index (κ2) is 10.8. The number of hydrogen-bond donors (Lipinski definition) is 2. The third kappa shape index (κ3) is 6.62. The highest BCUT2D eigenvalue weighted by Crippen LogP contribution is 2.08. The third-order valence-electron chi connectivity index (χ3n) is 5.05. The maximum Gasteiger partial charge on any atom is 0.315 e. The van der Waals surface area contributed by atoms with Crippen molar-refractivity contribution in [2.24, 2.45) is 0 Å². The van der Waals surface area contributed by atoms with Gasteiger partial charge in [0.15, 0.2) is 0 Å². The Balaban J connectivity index is 1.25. The van der Waals surface area contributed by atoms with Crippen LogP contribution in [0, 0.1) is 5.82 Å². The molecule has 1 aliphatic rings. The number of carbonyl (C=O) groups excluding carboxylic acids is 1. The molecule has 0 atom stereocenters. The molecule has 2 aromatic carbocycles. The number of benzene rings is 2. The molecule has 1 saturated heterocycles. The maximum absolute atomic E-state index is 13.5. The molecule has 0 unspecified atom stereocenters. The van der Waals surface area contributed by atoms with Gasteiger partial charge in [0.2, 0.25) is 0 Å². The molecule has 0 aromatic heterocycles. The van der Waals surface area contributed by atoms with E-state index in [0.717, 1.165) is 45.7 Å². The van der Waals surface area contributed by atoms with E-state index in [1.807, 2.05) is 0 Å². The van der Waals surface area contributed by atoms with E-state index < -0.39 is 0 Å². The Morgan fingerprint density at radius 2 is 1.57 bits per heavy atom. The van der Waals surface area contributed by atoms with Crippen molar-refractivity contribution >= 4 is 6.03 Å². The Kier molecular flexibility index (Phi) is 7.82. The molecule has 0 spiro atoms. The lowest BCUT2D eigenvalue weighted by Crippen LogP contribution is -2.46. The lowest BCUT2D eigenvalue weighted by atomic mass is 10.2. The van der Waals surface area contributed by atoms with Crippen LogP contribution in [-0.4, -0.2) is 55.1 Å². The summed E-state index contributed by atoms with van der Waals surface area (Å²) in [4.78, 5) is 16.8. The number of nitrogens with zero attached hydrogens (tertiary/aromatic N) is 2. The number of urea groups is 1. The molecule has 6 heteroatoms. The van der Waals surface area contributed by atoms with Crippen molar-refractivity contribution in [3.8, 4) is 0 Å². The monoisotopic (exact) mass is 384 g/mol. The van der Waals surface area contributed by atoms with Gasteiger partial charge < -0.3 is 15.5 Å². The molecule has 2 amide bonds. The minimum absolute atomic E-state index is 0.196. The van der Waals surface area contributed by atoms with Gasteiger partial charge in [-0.25, -0.2) is 9.18 Å². The Morgan fingerprint density at radius 3 is 2.32 bits per heavy atom. The first-order valence-corrected chi connectivity index (χ1v) is 9.94. The summed E-state index contributed by atoms with van der Waals surface area (Å²) in [6.07, 6.45) is 0.909. The number of piperazine rings is 1. The van der Waals surface area contributed by atoms with E-state index in [9.17, 15) is 9.18 Å². The number of amides is 2. The van der Waals surface area contributed by atoms with Crippen LogP contribution in [0.3, 0.4) is 0 Å². The highest BCUT2D eigenvalue weighted by atomic mass is 19.1. The summed E-state index contributed by atoms with van der Waals surface area (Å²) in [5.74, 6) is -0.297. The van der Waals surface area contributed by atoms with E-state index in [4.69, 9.17) is 0 Å². The molecule has 0 saturated carbocycles. The van der Waals surface area contributed by atoms with Crippen molar-refractivity contribution in [1.29, 1.82) is 0 Å². The summed E-state index contributed by atoms with van der Waals surface area (Å²) in [5, 5.41) is 5.54. The van der Waals surface area contributed by atoms with Crippen LogP contribution in [0.2, 0.25) is 0 Å². The zero-order valence-electron chi connectivity index (χ0n) is 16.2. The zero-order valence-corrected chi connectivity index (χ0v) is 16.2. The molecule has 2 aromatic rings. The lowest BCUT2D eigenvalue weighted by molar-refractivity contribution is 0.126. The molecule has 0 aliphatic carbocycles. The average Bonchev–Trinajstić information content (AvgIpc) is 2.72. The van der Waals surface area contributed by atoms with Gasteiger partial charge in [-0.2, -0.15) is 0 Å². The van der Waals surface area contributed by atoms with E-state index in [1.54, 1.807) is 18.2 Å².